The van der Waals surface area contributed by atoms with Crippen LogP contribution < -0.4 is 0 Å². The number of aryl methyl sites for hydroxylation is 2. The van der Waals surface area contributed by atoms with E-state index in [0.29, 0.717) is 24.5 Å². The van der Waals surface area contributed by atoms with E-state index in [9.17, 15) is 9.59 Å². The lowest BCUT2D eigenvalue weighted by molar-refractivity contribution is -0.162. The van der Waals surface area contributed by atoms with Gasteiger partial charge in [-0.1, -0.05) is 0 Å². The first-order valence-electron chi connectivity index (χ1n) is 8.86. The van der Waals surface area contributed by atoms with Gasteiger partial charge in [0.2, 0.25) is 0 Å². The van der Waals surface area contributed by atoms with E-state index < -0.39 is 5.60 Å². The van der Waals surface area contributed by atoms with Crippen molar-refractivity contribution in [2.24, 2.45) is 0 Å². The van der Waals surface area contributed by atoms with Crippen LogP contribution in [0.1, 0.15) is 28.7 Å². The molecule has 2 aromatic heterocycles. The number of rotatable bonds is 3. The lowest BCUT2D eigenvalue weighted by Crippen LogP contribution is -2.59. The van der Waals surface area contributed by atoms with Gasteiger partial charge in [0.15, 0.2) is 11.4 Å². The fraction of sp³-hybridized carbons (Fsp3) is 0.474. The van der Waals surface area contributed by atoms with E-state index in [0.717, 1.165) is 11.4 Å². The van der Waals surface area contributed by atoms with E-state index in [1.165, 1.54) is 4.90 Å². The number of hydrogen-bond donors (Lipinski definition) is 0. The average molecular weight is 371 g/mol. The van der Waals surface area contributed by atoms with Crippen LogP contribution in [0.5, 0.6) is 0 Å². The molecule has 3 heterocycles. The Morgan fingerprint density at radius 1 is 1.26 bits per heavy atom. The van der Waals surface area contributed by atoms with Gasteiger partial charge in [-0.2, -0.15) is 5.10 Å². The van der Waals surface area contributed by atoms with Crippen LogP contribution in [0.4, 0.5) is 0 Å². The first kappa shape index (κ1) is 19.0. The second-order valence-electron chi connectivity index (χ2n) is 7.25. The molecule has 1 aliphatic rings. The van der Waals surface area contributed by atoms with Crippen molar-refractivity contribution in [3.8, 4) is 5.82 Å². The summed E-state index contributed by atoms with van der Waals surface area (Å²) in [6.45, 7) is 6.57. The summed E-state index contributed by atoms with van der Waals surface area (Å²) in [7, 11) is 3.36. The SMILES string of the molecule is Cc1cc(C)n(-c2ccc(C(=O)N3CCOC(C)(C(=O)N(C)C)C3)cn2)n1. The minimum atomic E-state index is -1.03. The van der Waals surface area contributed by atoms with Crippen LogP contribution in [0.25, 0.3) is 5.82 Å². The molecule has 0 aromatic carbocycles. The monoisotopic (exact) mass is 371 g/mol. The predicted octanol–water partition coefficient (Wildman–Crippen LogP) is 1.20. The van der Waals surface area contributed by atoms with E-state index in [2.05, 4.69) is 10.1 Å². The fourth-order valence-corrected chi connectivity index (χ4v) is 3.33. The Labute approximate surface area is 158 Å². The Morgan fingerprint density at radius 3 is 2.56 bits per heavy atom. The third-order valence-electron chi connectivity index (χ3n) is 4.64. The van der Waals surface area contributed by atoms with Crippen molar-refractivity contribution < 1.29 is 14.3 Å². The molecule has 8 nitrogen and oxygen atoms in total. The Morgan fingerprint density at radius 2 is 2.00 bits per heavy atom. The lowest BCUT2D eigenvalue weighted by atomic mass is 10.0. The van der Waals surface area contributed by atoms with Crippen molar-refractivity contribution in [3.63, 3.8) is 0 Å². The predicted molar refractivity (Wildman–Crippen MR) is 99.8 cm³/mol. The first-order chi connectivity index (χ1) is 12.7. The minimum absolute atomic E-state index is 0.155. The second kappa shape index (κ2) is 7.11. The van der Waals surface area contributed by atoms with Gasteiger partial charge in [0.25, 0.3) is 11.8 Å². The number of aromatic nitrogens is 3. The zero-order valence-electron chi connectivity index (χ0n) is 16.4. The molecule has 1 aliphatic heterocycles. The molecule has 1 atom stereocenters. The highest BCUT2D eigenvalue weighted by Gasteiger charge is 2.41. The quantitative estimate of drug-likeness (QED) is 0.810. The van der Waals surface area contributed by atoms with E-state index in [4.69, 9.17) is 4.74 Å². The summed E-state index contributed by atoms with van der Waals surface area (Å²) < 4.78 is 7.43. The molecular weight excluding hydrogens is 346 g/mol. The van der Waals surface area contributed by atoms with Crippen LogP contribution in [0.2, 0.25) is 0 Å². The van der Waals surface area contributed by atoms with Crippen LogP contribution >= 0.6 is 0 Å². The molecule has 1 unspecified atom stereocenters. The Kier molecular flexibility index (Phi) is 5.01. The number of ether oxygens (including phenoxy) is 1. The molecule has 8 heteroatoms. The molecule has 1 saturated heterocycles. The molecule has 0 radical (unpaired) electrons. The minimum Gasteiger partial charge on any atom is -0.362 e. The molecule has 0 aliphatic carbocycles. The normalized spacial score (nSPS) is 19.8. The van der Waals surface area contributed by atoms with Crippen molar-refractivity contribution >= 4 is 11.8 Å². The summed E-state index contributed by atoms with van der Waals surface area (Å²) in [6, 6.07) is 5.48. The molecular formula is C19H25N5O3. The highest BCUT2D eigenvalue weighted by atomic mass is 16.5. The molecule has 2 aromatic rings. The van der Waals surface area contributed by atoms with Gasteiger partial charge < -0.3 is 14.5 Å². The smallest absolute Gasteiger partial charge is 0.255 e. The molecule has 0 saturated carbocycles. The first-order valence-corrected chi connectivity index (χ1v) is 8.86. The Bertz CT molecular complexity index is 859. The maximum atomic E-state index is 12.9. The largest absolute Gasteiger partial charge is 0.362 e. The standard InChI is InChI=1S/C19H25N5O3/c1-13-10-14(2)24(21-13)16-7-6-15(11-20-16)17(25)23-8-9-27-19(3,12-23)18(26)22(4)5/h6-7,10-11H,8-9,12H2,1-5H3. The number of hydrogen-bond acceptors (Lipinski definition) is 5. The zero-order chi connectivity index (χ0) is 19.8. The van der Waals surface area contributed by atoms with Crippen molar-refractivity contribution in [2.45, 2.75) is 26.4 Å². The zero-order valence-corrected chi connectivity index (χ0v) is 16.4. The molecule has 0 spiro atoms. The van der Waals surface area contributed by atoms with Gasteiger partial charge in [0.1, 0.15) is 0 Å². The maximum Gasteiger partial charge on any atom is 0.255 e. The summed E-state index contributed by atoms with van der Waals surface area (Å²) in [4.78, 5) is 32.8. The number of morpholine rings is 1. The number of amides is 2. The number of nitrogens with zero attached hydrogens (tertiary/aromatic N) is 5. The van der Waals surface area contributed by atoms with Crippen molar-refractivity contribution in [1.29, 1.82) is 0 Å². The van der Waals surface area contributed by atoms with Gasteiger partial charge in [-0.15, -0.1) is 0 Å². The second-order valence-corrected chi connectivity index (χ2v) is 7.25. The van der Waals surface area contributed by atoms with Crippen molar-refractivity contribution in [2.75, 3.05) is 33.8 Å². The van der Waals surface area contributed by atoms with Gasteiger partial charge in [-0.3, -0.25) is 9.59 Å². The van der Waals surface area contributed by atoms with Gasteiger partial charge >= 0.3 is 0 Å². The molecule has 0 N–H and O–H groups in total. The van der Waals surface area contributed by atoms with E-state index in [1.807, 2.05) is 19.9 Å². The molecule has 2 amide bonds. The molecule has 27 heavy (non-hydrogen) atoms. The Hall–Kier alpha value is -2.74. The highest BCUT2D eigenvalue weighted by molar-refractivity contribution is 5.95. The molecule has 1 fully saturated rings. The van der Waals surface area contributed by atoms with Crippen LogP contribution in [-0.2, 0) is 9.53 Å². The lowest BCUT2D eigenvalue weighted by Gasteiger charge is -2.40. The van der Waals surface area contributed by atoms with Crippen LogP contribution in [-0.4, -0.2) is 75.8 Å². The van der Waals surface area contributed by atoms with Crippen LogP contribution in [0, 0.1) is 13.8 Å². The molecule has 144 valence electrons. The number of likely N-dealkylation sites (N-methyl/N-ethyl adjacent to an activating group) is 1. The van der Waals surface area contributed by atoms with Gasteiger partial charge in [0, 0.05) is 32.5 Å². The van der Waals surface area contributed by atoms with Gasteiger partial charge in [-0.25, -0.2) is 9.67 Å². The summed E-state index contributed by atoms with van der Waals surface area (Å²) >= 11 is 0. The number of carbonyl (C=O) groups excluding carboxylic acids is 2. The average Bonchev–Trinajstić information content (AvgIpc) is 2.98. The van der Waals surface area contributed by atoms with E-state index in [1.54, 1.807) is 48.9 Å². The van der Waals surface area contributed by atoms with E-state index >= 15 is 0 Å². The number of pyridine rings is 1. The summed E-state index contributed by atoms with van der Waals surface area (Å²) in [5.41, 5.74) is 1.33. The number of carbonyl (C=O) groups is 2. The molecule has 3 rings (SSSR count). The fourth-order valence-electron chi connectivity index (χ4n) is 3.33. The summed E-state index contributed by atoms with van der Waals surface area (Å²) in [5, 5.41) is 4.40. The topological polar surface area (TPSA) is 80.6 Å². The van der Waals surface area contributed by atoms with Gasteiger partial charge in [0.05, 0.1) is 24.4 Å². The van der Waals surface area contributed by atoms with Crippen molar-refractivity contribution in [1.82, 2.24) is 24.6 Å². The van der Waals surface area contributed by atoms with Crippen LogP contribution in [0.3, 0.4) is 0 Å². The van der Waals surface area contributed by atoms with Gasteiger partial charge in [-0.05, 0) is 39.0 Å². The van der Waals surface area contributed by atoms with Crippen LogP contribution in [0.15, 0.2) is 24.4 Å². The van der Waals surface area contributed by atoms with E-state index in [-0.39, 0.29) is 18.4 Å². The van der Waals surface area contributed by atoms with Crippen molar-refractivity contribution in [3.05, 3.63) is 41.3 Å². The third kappa shape index (κ3) is 3.71. The maximum absolute atomic E-state index is 12.9. The summed E-state index contributed by atoms with van der Waals surface area (Å²) in [6.07, 6.45) is 1.55. The third-order valence-corrected chi connectivity index (χ3v) is 4.64. The summed E-state index contributed by atoms with van der Waals surface area (Å²) in [5.74, 6) is 0.341. The Balaban J connectivity index is 1.77. The highest BCUT2D eigenvalue weighted by Crippen LogP contribution is 2.21. The molecule has 0 bridgehead atoms.